The molecule has 0 aliphatic rings. The van der Waals surface area contributed by atoms with Crippen molar-refractivity contribution in [1.82, 2.24) is 0 Å². The summed E-state index contributed by atoms with van der Waals surface area (Å²) in [7, 11) is 0. The van der Waals surface area contributed by atoms with E-state index in [1.54, 1.807) is 19.9 Å². The number of rotatable bonds is 2. The van der Waals surface area contributed by atoms with E-state index in [0.717, 1.165) is 0 Å². The molecule has 0 atom stereocenters. The van der Waals surface area contributed by atoms with Gasteiger partial charge >= 0.3 is 5.97 Å². The van der Waals surface area contributed by atoms with Crippen LogP contribution in [0.4, 0.5) is 0 Å². The van der Waals surface area contributed by atoms with Crippen LogP contribution in [0.25, 0.3) is 0 Å². The van der Waals surface area contributed by atoms with Crippen molar-refractivity contribution in [3.63, 3.8) is 0 Å². The van der Waals surface area contributed by atoms with Gasteiger partial charge in [0.25, 0.3) is 0 Å². The average molecular weight is 160 g/mol. The number of hydrogen-bond acceptors (Lipinski definition) is 2. The molecule has 2 nitrogen and oxygen atoms in total. The third kappa shape index (κ3) is 7.10. The summed E-state index contributed by atoms with van der Waals surface area (Å²) in [5, 5.41) is 0. The molecule has 11 heavy (non-hydrogen) atoms. The Morgan fingerprint density at radius 1 is 1.45 bits per heavy atom. The van der Waals surface area contributed by atoms with Gasteiger partial charge in [0.05, 0.1) is 6.61 Å². The highest BCUT2D eigenvalue weighted by molar-refractivity contribution is 5.87. The fourth-order valence-electron chi connectivity index (χ4n) is 0.363. The summed E-state index contributed by atoms with van der Waals surface area (Å²) in [6.45, 7) is 5.79. The lowest BCUT2D eigenvalue weighted by Crippen LogP contribution is -2.04. The second-order valence-corrected chi connectivity index (χ2v) is 1.69. The highest BCUT2D eigenvalue weighted by Crippen LogP contribution is 1.94. The SMILES string of the molecule is C.C.C/C=C(/C)C(=O)OCC. The van der Waals surface area contributed by atoms with Crippen LogP contribution in [0.2, 0.25) is 0 Å². The number of esters is 1. The fraction of sp³-hybridized carbons (Fsp3) is 0.667. The quantitative estimate of drug-likeness (QED) is 0.458. The van der Waals surface area contributed by atoms with Crippen LogP contribution in [0.5, 0.6) is 0 Å². The number of carbonyl (C=O) groups is 1. The fourth-order valence-corrected chi connectivity index (χ4v) is 0.363. The second kappa shape index (κ2) is 9.21. The zero-order valence-corrected chi connectivity index (χ0v) is 6.10. The van der Waals surface area contributed by atoms with E-state index in [4.69, 9.17) is 0 Å². The summed E-state index contributed by atoms with van der Waals surface area (Å²) in [5.41, 5.74) is 0.664. The van der Waals surface area contributed by atoms with Crippen LogP contribution in [0, 0.1) is 0 Å². The molecule has 2 heteroatoms. The molecule has 0 aromatic carbocycles. The molecule has 0 fully saturated rings. The minimum atomic E-state index is -0.222. The maximum Gasteiger partial charge on any atom is 0.333 e. The average Bonchev–Trinajstić information content (AvgIpc) is 1.87. The zero-order valence-electron chi connectivity index (χ0n) is 6.10. The van der Waals surface area contributed by atoms with Gasteiger partial charge in [0.15, 0.2) is 0 Å². The largest absolute Gasteiger partial charge is 0.463 e. The predicted molar refractivity (Wildman–Crippen MR) is 49.5 cm³/mol. The van der Waals surface area contributed by atoms with Gasteiger partial charge in [-0.2, -0.15) is 0 Å². The summed E-state index contributed by atoms with van der Waals surface area (Å²) in [4.78, 5) is 10.7. The highest BCUT2D eigenvalue weighted by Gasteiger charge is 2.00. The molecule has 0 unspecified atom stereocenters. The van der Waals surface area contributed by atoms with Gasteiger partial charge in [0.2, 0.25) is 0 Å². The Balaban J connectivity index is -0.000000320. The molecule has 0 heterocycles. The normalized spacial score (nSPS) is 9.18. The molecule has 0 radical (unpaired) electrons. The van der Waals surface area contributed by atoms with E-state index in [9.17, 15) is 4.79 Å². The first-order chi connectivity index (χ1) is 4.22. The Bertz CT molecular complexity index is 126. The Hall–Kier alpha value is -0.790. The van der Waals surface area contributed by atoms with Crippen LogP contribution >= 0.6 is 0 Å². The van der Waals surface area contributed by atoms with Gasteiger partial charge in [-0.05, 0) is 20.8 Å². The maximum absolute atomic E-state index is 10.7. The molecular weight excluding hydrogens is 140 g/mol. The van der Waals surface area contributed by atoms with Crippen LogP contribution in [-0.2, 0) is 9.53 Å². The van der Waals surface area contributed by atoms with E-state index in [1.807, 2.05) is 6.92 Å². The van der Waals surface area contributed by atoms with Gasteiger partial charge in [-0.15, -0.1) is 0 Å². The van der Waals surface area contributed by atoms with Crippen molar-refractivity contribution in [2.45, 2.75) is 35.6 Å². The van der Waals surface area contributed by atoms with Crippen LogP contribution in [0.3, 0.4) is 0 Å². The van der Waals surface area contributed by atoms with Crippen molar-refractivity contribution >= 4 is 5.97 Å². The second-order valence-electron chi connectivity index (χ2n) is 1.69. The standard InChI is InChI=1S/C7H12O2.2CH4/c1-4-6(3)7(8)9-5-2;;/h4H,5H2,1-3H3;2*1H4/b6-4-;;. The van der Waals surface area contributed by atoms with E-state index in [1.165, 1.54) is 0 Å². The summed E-state index contributed by atoms with van der Waals surface area (Å²) in [6.07, 6.45) is 1.73. The van der Waals surface area contributed by atoms with Gasteiger partial charge in [-0.3, -0.25) is 0 Å². The van der Waals surface area contributed by atoms with Crippen LogP contribution in [0.1, 0.15) is 35.6 Å². The summed E-state index contributed by atoms with van der Waals surface area (Å²) >= 11 is 0. The van der Waals surface area contributed by atoms with Gasteiger partial charge in [0, 0.05) is 5.57 Å². The molecule has 0 saturated carbocycles. The van der Waals surface area contributed by atoms with Gasteiger partial charge in [0.1, 0.15) is 0 Å². The van der Waals surface area contributed by atoms with Crippen LogP contribution in [0.15, 0.2) is 11.6 Å². The molecule has 0 aromatic rings. The number of allylic oxidation sites excluding steroid dienone is 1. The van der Waals surface area contributed by atoms with E-state index in [2.05, 4.69) is 4.74 Å². The molecular formula is C9H20O2. The first-order valence-corrected chi connectivity index (χ1v) is 3.02. The van der Waals surface area contributed by atoms with Gasteiger partial charge in [-0.1, -0.05) is 20.9 Å². The van der Waals surface area contributed by atoms with Crippen molar-refractivity contribution in [2.75, 3.05) is 6.61 Å². The van der Waals surface area contributed by atoms with Crippen molar-refractivity contribution in [3.8, 4) is 0 Å². The molecule has 0 saturated heterocycles. The minimum Gasteiger partial charge on any atom is -0.463 e. The Kier molecular flexibility index (Phi) is 13.9. The first kappa shape index (κ1) is 16.7. The number of hydrogen-bond donors (Lipinski definition) is 0. The first-order valence-electron chi connectivity index (χ1n) is 3.02. The topological polar surface area (TPSA) is 26.3 Å². The summed E-state index contributed by atoms with van der Waals surface area (Å²) in [6, 6.07) is 0. The van der Waals surface area contributed by atoms with Crippen molar-refractivity contribution < 1.29 is 9.53 Å². The van der Waals surface area contributed by atoms with Crippen molar-refractivity contribution in [1.29, 1.82) is 0 Å². The molecule has 0 rings (SSSR count). The molecule has 0 aliphatic carbocycles. The lowest BCUT2D eigenvalue weighted by atomic mass is 10.3. The van der Waals surface area contributed by atoms with E-state index in [-0.39, 0.29) is 20.8 Å². The van der Waals surface area contributed by atoms with E-state index < -0.39 is 0 Å². The Labute approximate surface area is 70.3 Å². The monoisotopic (exact) mass is 160 g/mol. The molecule has 0 spiro atoms. The van der Waals surface area contributed by atoms with E-state index >= 15 is 0 Å². The minimum absolute atomic E-state index is 0. The maximum atomic E-state index is 10.7. The smallest absolute Gasteiger partial charge is 0.333 e. The lowest BCUT2D eigenvalue weighted by Gasteiger charge is -1.98. The third-order valence-electron chi connectivity index (χ3n) is 1.03. The summed E-state index contributed by atoms with van der Waals surface area (Å²) in [5.74, 6) is -0.222. The molecule has 0 N–H and O–H groups in total. The predicted octanol–water partition coefficient (Wildman–Crippen LogP) is 2.79. The zero-order chi connectivity index (χ0) is 7.28. The number of carbonyl (C=O) groups excluding carboxylic acids is 1. The molecule has 0 aromatic heterocycles. The van der Waals surface area contributed by atoms with Crippen molar-refractivity contribution in [2.24, 2.45) is 0 Å². The van der Waals surface area contributed by atoms with E-state index in [0.29, 0.717) is 12.2 Å². The highest BCUT2D eigenvalue weighted by atomic mass is 16.5. The van der Waals surface area contributed by atoms with Crippen molar-refractivity contribution in [3.05, 3.63) is 11.6 Å². The molecule has 0 aliphatic heterocycles. The lowest BCUT2D eigenvalue weighted by molar-refractivity contribution is -0.138. The number of ether oxygens (including phenoxy) is 1. The third-order valence-corrected chi connectivity index (χ3v) is 1.03. The molecule has 0 bridgehead atoms. The van der Waals surface area contributed by atoms with Crippen LogP contribution in [-0.4, -0.2) is 12.6 Å². The Morgan fingerprint density at radius 3 is 2.18 bits per heavy atom. The summed E-state index contributed by atoms with van der Waals surface area (Å²) < 4.78 is 4.69. The molecule has 68 valence electrons. The van der Waals surface area contributed by atoms with Gasteiger partial charge in [-0.25, -0.2) is 4.79 Å². The molecule has 0 amide bonds. The van der Waals surface area contributed by atoms with Crippen LogP contribution < -0.4 is 0 Å². The van der Waals surface area contributed by atoms with Gasteiger partial charge < -0.3 is 4.74 Å². The Morgan fingerprint density at radius 2 is 1.91 bits per heavy atom.